The molecule has 0 spiro atoms. The predicted octanol–water partition coefficient (Wildman–Crippen LogP) is 1.19. The van der Waals surface area contributed by atoms with Gasteiger partial charge in [-0.05, 0) is 11.6 Å². The quantitative estimate of drug-likeness (QED) is 0.744. The summed E-state index contributed by atoms with van der Waals surface area (Å²) in [5.41, 5.74) is 0.446. The van der Waals surface area contributed by atoms with Crippen LogP contribution in [0.15, 0.2) is 12.1 Å². The number of aromatic carboxylic acids is 1. The van der Waals surface area contributed by atoms with E-state index in [1.54, 1.807) is 12.1 Å². The van der Waals surface area contributed by atoms with Gasteiger partial charge in [-0.1, -0.05) is 6.07 Å². The van der Waals surface area contributed by atoms with E-state index in [0.29, 0.717) is 17.1 Å². The molecule has 8 heteroatoms. The Morgan fingerprint density at radius 3 is 2.48 bits per heavy atom. The molecule has 1 aliphatic rings. The maximum atomic E-state index is 11.6. The third-order valence-electron chi connectivity index (χ3n) is 3.15. The van der Waals surface area contributed by atoms with Crippen LogP contribution in [0.5, 0.6) is 11.5 Å². The normalized spacial score (nSPS) is 21.0. The monoisotopic (exact) mass is 313 g/mol. The minimum atomic E-state index is -1.15. The number of rotatable bonds is 5. The molecule has 0 unspecified atom stereocenters. The molecule has 2 atom stereocenters. The Morgan fingerprint density at radius 2 is 2.00 bits per heavy atom. The largest absolute Gasteiger partial charge is 0.493 e. The molecule has 1 heterocycles. The minimum Gasteiger partial charge on any atom is -0.493 e. The van der Waals surface area contributed by atoms with Gasteiger partial charge in [-0.25, -0.2) is 4.79 Å². The summed E-state index contributed by atoms with van der Waals surface area (Å²) in [5, 5.41) is 20.9. The van der Waals surface area contributed by atoms with Crippen molar-refractivity contribution in [1.29, 1.82) is 0 Å². The molecule has 1 aliphatic heterocycles. The molecule has 0 aromatic heterocycles. The van der Waals surface area contributed by atoms with Crippen LogP contribution in [0.4, 0.5) is 0 Å². The highest BCUT2D eigenvalue weighted by Crippen LogP contribution is 2.41. The fraction of sp³-hybridized carbons (Fsp3) is 0.385. The summed E-state index contributed by atoms with van der Waals surface area (Å²) in [6.07, 6.45) is 0. The Kier molecular flexibility index (Phi) is 4.59. The highest BCUT2D eigenvalue weighted by Gasteiger charge is 2.34. The van der Waals surface area contributed by atoms with Crippen LogP contribution in [0.2, 0.25) is 0 Å². The Balaban J connectivity index is 2.45. The van der Waals surface area contributed by atoms with Crippen LogP contribution in [0.1, 0.15) is 21.3 Å². The summed E-state index contributed by atoms with van der Waals surface area (Å²) in [6, 6.07) is 2.52. The second-order valence-electron chi connectivity index (χ2n) is 4.34. The number of benzene rings is 1. The number of carboxylic acids is 2. The first-order valence-corrected chi connectivity index (χ1v) is 7.13. The first-order chi connectivity index (χ1) is 9.99. The fourth-order valence-electron chi connectivity index (χ4n) is 2.17. The molecular formula is C13H15NO6S. The van der Waals surface area contributed by atoms with Crippen LogP contribution in [0.25, 0.3) is 0 Å². The average Bonchev–Trinajstić information content (AvgIpc) is 2.95. The molecule has 3 N–H and O–H groups in total. The second-order valence-corrected chi connectivity index (χ2v) is 5.48. The molecular weight excluding hydrogens is 298 g/mol. The molecule has 7 nitrogen and oxygen atoms in total. The average molecular weight is 313 g/mol. The van der Waals surface area contributed by atoms with E-state index in [-0.39, 0.29) is 11.3 Å². The number of aliphatic carboxylic acids is 1. The van der Waals surface area contributed by atoms with Crippen molar-refractivity contribution >= 4 is 23.7 Å². The standard InChI is InChI=1S/C13H15NO6S/c1-19-8-4-3-6(9(13(17)18)10(8)20-2)11-14-7(5-21-11)12(15)16/h3-4,7,11,14H,5H2,1-2H3,(H,15,16)(H,17,18)/t7-,11-/m0/s1. The van der Waals surface area contributed by atoms with Crippen LogP contribution in [-0.4, -0.2) is 48.2 Å². The Bertz CT molecular complexity index is 576. The first kappa shape index (κ1) is 15.5. The van der Waals surface area contributed by atoms with Crippen LogP contribution < -0.4 is 14.8 Å². The Morgan fingerprint density at radius 1 is 1.29 bits per heavy atom. The van der Waals surface area contributed by atoms with Crippen LogP contribution in [0, 0.1) is 0 Å². The highest BCUT2D eigenvalue weighted by atomic mass is 32.2. The number of thioether (sulfide) groups is 1. The van der Waals surface area contributed by atoms with E-state index in [4.69, 9.17) is 14.6 Å². The van der Waals surface area contributed by atoms with Gasteiger partial charge >= 0.3 is 11.9 Å². The van der Waals surface area contributed by atoms with E-state index >= 15 is 0 Å². The van der Waals surface area contributed by atoms with E-state index in [1.165, 1.54) is 26.0 Å². The molecule has 0 aliphatic carbocycles. The van der Waals surface area contributed by atoms with Crippen molar-refractivity contribution in [3.63, 3.8) is 0 Å². The molecule has 0 bridgehead atoms. The maximum absolute atomic E-state index is 11.6. The molecule has 1 aromatic rings. The first-order valence-electron chi connectivity index (χ1n) is 6.08. The van der Waals surface area contributed by atoms with Crippen molar-refractivity contribution in [2.45, 2.75) is 11.4 Å². The highest BCUT2D eigenvalue weighted by molar-refractivity contribution is 7.99. The van der Waals surface area contributed by atoms with Crippen molar-refractivity contribution in [1.82, 2.24) is 5.32 Å². The van der Waals surface area contributed by atoms with Crippen molar-refractivity contribution in [2.75, 3.05) is 20.0 Å². The topological polar surface area (TPSA) is 105 Å². The third-order valence-corrected chi connectivity index (χ3v) is 4.40. The van der Waals surface area contributed by atoms with E-state index in [9.17, 15) is 14.7 Å². The van der Waals surface area contributed by atoms with Gasteiger partial charge in [0.05, 0.1) is 19.6 Å². The zero-order chi connectivity index (χ0) is 15.6. The fourth-order valence-corrected chi connectivity index (χ4v) is 3.43. The molecule has 1 fully saturated rings. The molecule has 0 saturated carbocycles. The van der Waals surface area contributed by atoms with Crippen LogP contribution in [-0.2, 0) is 4.79 Å². The smallest absolute Gasteiger partial charge is 0.340 e. The van der Waals surface area contributed by atoms with Crippen LogP contribution >= 0.6 is 11.8 Å². The zero-order valence-electron chi connectivity index (χ0n) is 11.5. The molecule has 114 valence electrons. The van der Waals surface area contributed by atoms with Gasteiger partial charge in [0, 0.05) is 5.75 Å². The van der Waals surface area contributed by atoms with E-state index < -0.39 is 23.4 Å². The van der Waals surface area contributed by atoms with Crippen molar-refractivity contribution in [3.8, 4) is 11.5 Å². The molecule has 0 amide bonds. The summed E-state index contributed by atoms with van der Waals surface area (Å²) in [7, 11) is 2.79. The molecule has 0 radical (unpaired) electrons. The molecule has 1 aromatic carbocycles. The van der Waals surface area contributed by atoms with Gasteiger partial charge in [-0.3, -0.25) is 10.1 Å². The number of hydrogen-bond donors (Lipinski definition) is 3. The van der Waals surface area contributed by atoms with Gasteiger partial charge in [0.25, 0.3) is 0 Å². The lowest BCUT2D eigenvalue weighted by molar-refractivity contribution is -0.138. The number of methoxy groups -OCH3 is 2. The Hall–Kier alpha value is -1.93. The molecule has 21 heavy (non-hydrogen) atoms. The number of ether oxygens (including phenoxy) is 2. The van der Waals surface area contributed by atoms with Crippen molar-refractivity contribution < 1.29 is 29.3 Å². The maximum Gasteiger partial charge on any atom is 0.340 e. The summed E-state index contributed by atoms with van der Waals surface area (Å²) >= 11 is 1.34. The molecule has 1 saturated heterocycles. The minimum absolute atomic E-state index is 0.0205. The van der Waals surface area contributed by atoms with Gasteiger partial charge in [0.2, 0.25) is 0 Å². The summed E-state index contributed by atoms with van der Waals surface area (Å²) < 4.78 is 10.2. The lowest BCUT2D eigenvalue weighted by atomic mass is 10.0. The van der Waals surface area contributed by atoms with Gasteiger partial charge in [-0.2, -0.15) is 0 Å². The lowest BCUT2D eigenvalue weighted by Crippen LogP contribution is -2.34. The van der Waals surface area contributed by atoms with Crippen molar-refractivity contribution in [3.05, 3.63) is 23.3 Å². The number of carbonyl (C=O) groups is 2. The van der Waals surface area contributed by atoms with E-state index in [0.717, 1.165) is 0 Å². The lowest BCUT2D eigenvalue weighted by Gasteiger charge is -2.18. The van der Waals surface area contributed by atoms with Gasteiger partial charge < -0.3 is 19.7 Å². The second kappa shape index (κ2) is 6.23. The SMILES string of the molecule is COc1ccc([C@H]2N[C@H](C(=O)O)CS2)c(C(=O)O)c1OC. The Labute approximate surface area is 125 Å². The number of hydrogen-bond acceptors (Lipinski definition) is 6. The van der Waals surface area contributed by atoms with Crippen LogP contribution in [0.3, 0.4) is 0 Å². The van der Waals surface area contributed by atoms with Crippen molar-refractivity contribution in [2.24, 2.45) is 0 Å². The number of nitrogens with one attached hydrogen (secondary N) is 1. The molecule has 2 rings (SSSR count). The van der Waals surface area contributed by atoms with E-state index in [2.05, 4.69) is 5.32 Å². The van der Waals surface area contributed by atoms with Gasteiger partial charge in [-0.15, -0.1) is 11.8 Å². The summed E-state index contributed by atoms with van der Waals surface area (Å²) in [4.78, 5) is 22.5. The summed E-state index contributed by atoms with van der Waals surface area (Å²) in [5.74, 6) is -1.29. The summed E-state index contributed by atoms with van der Waals surface area (Å²) in [6.45, 7) is 0. The van der Waals surface area contributed by atoms with Gasteiger partial charge in [0.1, 0.15) is 11.6 Å². The van der Waals surface area contributed by atoms with Gasteiger partial charge in [0.15, 0.2) is 11.5 Å². The zero-order valence-corrected chi connectivity index (χ0v) is 12.3. The predicted molar refractivity (Wildman–Crippen MR) is 76.3 cm³/mol. The number of carboxylic acid groups (broad SMARTS) is 2. The third kappa shape index (κ3) is 2.91. The van der Waals surface area contributed by atoms with E-state index in [1.807, 2.05) is 0 Å².